The summed E-state index contributed by atoms with van der Waals surface area (Å²) in [4.78, 5) is 12.4. The monoisotopic (exact) mass is 317 g/mol. The fourth-order valence-electron chi connectivity index (χ4n) is 1.43. The maximum atomic E-state index is 11.6. The lowest BCUT2D eigenvalue weighted by Gasteiger charge is -2.04. The summed E-state index contributed by atoms with van der Waals surface area (Å²) in [5, 5.41) is 2.89. The summed E-state index contributed by atoms with van der Waals surface area (Å²) in [6.45, 7) is 2.32. The zero-order chi connectivity index (χ0) is 12.1. The molecule has 1 amide bonds. The predicted molar refractivity (Wildman–Crippen MR) is 72.5 cm³/mol. The van der Waals surface area contributed by atoms with Gasteiger partial charge in [0.1, 0.15) is 0 Å². The topological polar surface area (TPSA) is 38.3 Å². The Morgan fingerprint density at radius 1 is 1.53 bits per heavy atom. The van der Waals surface area contributed by atoms with E-state index in [4.69, 9.17) is 4.74 Å². The lowest BCUT2D eigenvalue weighted by Crippen LogP contribution is -2.24. The van der Waals surface area contributed by atoms with Crippen LogP contribution in [0.25, 0.3) is 0 Å². The Kier molecular flexibility index (Phi) is 5.00. The van der Waals surface area contributed by atoms with E-state index in [0.717, 1.165) is 34.2 Å². The van der Waals surface area contributed by atoms with Crippen molar-refractivity contribution in [2.75, 3.05) is 19.8 Å². The van der Waals surface area contributed by atoms with Crippen LogP contribution in [0.4, 0.5) is 0 Å². The quantitative estimate of drug-likeness (QED) is 0.785. The average molecular weight is 318 g/mol. The van der Waals surface area contributed by atoms with E-state index in [1.807, 2.05) is 12.1 Å². The van der Waals surface area contributed by atoms with Gasteiger partial charge in [0.15, 0.2) is 0 Å². The minimum absolute atomic E-state index is 0.00268. The summed E-state index contributed by atoms with van der Waals surface area (Å²) in [5.74, 6) is 0.816. The largest absolute Gasteiger partial charge is 0.381 e. The molecule has 1 N–H and O–H groups in total. The van der Waals surface area contributed by atoms with E-state index in [1.165, 1.54) is 24.2 Å². The fourth-order valence-corrected chi connectivity index (χ4v) is 2.74. The lowest BCUT2D eigenvalue weighted by atomic mass is 10.4. The number of ether oxygens (including phenoxy) is 1. The number of thiophene rings is 1. The molecule has 94 valence electrons. The summed E-state index contributed by atoms with van der Waals surface area (Å²) in [5.41, 5.74) is 0. The Balaban J connectivity index is 1.53. The molecular formula is C12H16BrNO2S. The van der Waals surface area contributed by atoms with Crippen LogP contribution in [0.5, 0.6) is 0 Å². The molecule has 0 atom stereocenters. The Morgan fingerprint density at radius 3 is 3.00 bits per heavy atom. The number of rotatable bonds is 7. The molecule has 1 heterocycles. The standard InChI is InChI=1S/C12H16BrNO2S/c13-11-5-4-10(17-11)12(15)14-6-1-7-16-8-9-2-3-9/h4-5,9H,1-3,6-8H2,(H,14,15). The second kappa shape index (κ2) is 6.52. The van der Waals surface area contributed by atoms with Crippen LogP contribution in [0.15, 0.2) is 15.9 Å². The van der Waals surface area contributed by atoms with Gasteiger partial charge < -0.3 is 10.1 Å². The van der Waals surface area contributed by atoms with Crippen molar-refractivity contribution in [1.82, 2.24) is 5.32 Å². The van der Waals surface area contributed by atoms with Crippen molar-refractivity contribution in [3.05, 3.63) is 20.8 Å². The van der Waals surface area contributed by atoms with Crippen molar-refractivity contribution in [1.29, 1.82) is 0 Å². The van der Waals surface area contributed by atoms with Crippen LogP contribution < -0.4 is 5.32 Å². The van der Waals surface area contributed by atoms with Crippen molar-refractivity contribution in [3.8, 4) is 0 Å². The molecule has 0 bridgehead atoms. The first-order chi connectivity index (χ1) is 8.25. The fraction of sp³-hybridized carbons (Fsp3) is 0.583. The molecular weight excluding hydrogens is 302 g/mol. The number of halogens is 1. The molecule has 0 aromatic carbocycles. The highest BCUT2D eigenvalue weighted by Crippen LogP contribution is 2.28. The van der Waals surface area contributed by atoms with Crippen LogP contribution in [-0.2, 0) is 4.74 Å². The van der Waals surface area contributed by atoms with Crippen molar-refractivity contribution in [2.24, 2.45) is 5.92 Å². The van der Waals surface area contributed by atoms with E-state index in [9.17, 15) is 4.79 Å². The van der Waals surface area contributed by atoms with E-state index in [0.29, 0.717) is 6.54 Å². The van der Waals surface area contributed by atoms with E-state index in [1.54, 1.807) is 0 Å². The third-order valence-electron chi connectivity index (χ3n) is 2.60. The number of carbonyl (C=O) groups excluding carboxylic acids is 1. The first-order valence-electron chi connectivity index (χ1n) is 5.87. The molecule has 0 radical (unpaired) electrons. The minimum atomic E-state index is 0.00268. The Morgan fingerprint density at radius 2 is 2.35 bits per heavy atom. The van der Waals surface area contributed by atoms with Gasteiger partial charge in [-0.05, 0) is 53.2 Å². The zero-order valence-electron chi connectivity index (χ0n) is 9.58. The van der Waals surface area contributed by atoms with Gasteiger partial charge in [-0.25, -0.2) is 0 Å². The van der Waals surface area contributed by atoms with Gasteiger partial charge in [-0.2, -0.15) is 0 Å². The van der Waals surface area contributed by atoms with Crippen LogP contribution >= 0.6 is 27.3 Å². The summed E-state index contributed by atoms with van der Waals surface area (Å²) in [6.07, 6.45) is 3.53. The first kappa shape index (κ1) is 13.1. The Hall–Kier alpha value is -0.390. The van der Waals surface area contributed by atoms with Crippen LogP contribution in [0, 0.1) is 5.92 Å². The van der Waals surface area contributed by atoms with Gasteiger partial charge in [-0.1, -0.05) is 0 Å². The molecule has 3 nitrogen and oxygen atoms in total. The molecule has 1 aliphatic rings. The van der Waals surface area contributed by atoms with Crippen LogP contribution in [0.2, 0.25) is 0 Å². The second-order valence-corrected chi connectivity index (χ2v) is 6.69. The summed E-state index contributed by atoms with van der Waals surface area (Å²) in [6, 6.07) is 3.71. The number of amides is 1. The Bertz CT molecular complexity index is 376. The maximum absolute atomic E-state index is 11.6. The van der Waals surface area contributed by atoms with E-state index >= 15 is 0 Å². The first-order valence-corrected chi connectivity index (χ1v) is 7.48. The molecule has 0 unspecified atom stereocenters. The molecule has 0 aliphatic heterocycles. The lowest BCUT2D eigenvalue weighted by molar-refractivity contribution is 0.0941. The maximum Gasteiger partial charge on any atom is 0.261 e. The number of hydrogen-bond acceptors (Lipinski definition) is 3. The highest BCUT2D eigenvalue weighted by molar-refractivity contribution is 9.11. The molecule has 1 aliphatic carbocycles. The van der Waals surface area contributed by atoms with Gasteiger partial charge in [-0.15, -0.1) is 11.3 Å². The highest BCUT2D eigenvalue weighted by atomic mass is 79.9. The summed E-state index contributed by atoms with van der Waals surface area (Å²) in [7, 11) is 0. The van der Waals surface area contributed by atoms with Crippen LogP contribution in [-0.4, -0.2) is 25.7 Å². The smallest absolute Gasteiger partial charge is 0.261 e. The van der Waals surface area contributed by atoms with Crippen molar-refractivity contribution in [2.45, 2.75) is 19.3 Å². The summed E-state index contributed by atoms with van der Waals surface area (Å²) >= 11 is 4.79. The van der Waals surface area contributed by atoms with Gasteiger partial charge >= 0.3 is 0 Å². The molecule has 0 saturated heterocycles. The SMILES string of the molecule is O=C(NCCCOCC1CC1)c1ccc(Br)s1. The molecule has 1 aromatic heterocycles. The van der Waals surface area contributed by atoms with Crippen molar-refractivity contribution in [3.63, 3.8) is 0 Å². The number of hydrogen-bond donors (Lipinski definition) is 1. The van der Waals surface area contributed by atoms with Gasteiger partial charge in [0, 0.05) is 19.8 Å². The molecule has 17 heavy (non-hydrogen) atoms. The molecule has 0 spiro atoms. The molecule has 1 fully saturated rings. The van der Waals surface area contributed by atoms with Gasteiger partial charge in [0.05, 0.1) is 8.66 Å². The minimum Gasteiger partial charge on any atom is -0.381 e. The molecule has 5 heteroatoms. The van der Waals surface area contributed by atoms with E-state index < -0.39 is 0 Å². The van der Waals surface area contributed by atoms with Crippen molar-refractivity contribution >= 4 is 33.2 Å². The van der Waals surface area contributed by atoms with E-state index in [-0.39, 0.29) is 5.91 Å². The summed E-state index contributed by atoms with van der Waals surface area (Å²) < 4.78 is 6.47. The van der Waals surface area contributed by atoms with Crippen LogP contribution in [0.3, 0.4) is 0 Å². The molecule has 1 saturated carbocycles. The normalized spacial score (nSPS) is 14.9. The Labute approximate surface area is 114 Å². The van der Waals surface area contributed by atoms with Crippen LogP contribution in [0.1, 0.15) is 28.9 Å². The average Bonchev–Trinajstić information content (AvgIpc) is 3.04. The number of carbonyl (C=O) groups is 1. The zero-order valence-corrected chi connectivity index (χ0v) is 12.0. The van der Waals surface area contributed by atoms with Gasteiger partial charge in [0.25, 0.3) is 5.91 Å². The van der Waals surface area contributed by atoms with E-state index in [2.05, 4.69) is 21.2 Å². The third kappa shape index (κ3) is 4.77. The predicted octanol–water partition coefficient (Wildman–Crippen LogP) is 3.06. The van der Waals surface area contributed by atoms with Gasteiger partial charge in [0.2, 0.25) is 0 Å². The second-order valence-electron chi connectivity index (χ2n) is 4.23. The molecule has 2 rings (SSSR count). The third-order valence-corrected chi connectivity index (χ3v) is 4.22. The van der Waals surface area contributed by atoms with Gasteiger partial charge in [-0.3, -0.25) is 4.79 Å². The number of nitrogens with one attached hydrogen (secondary N) is 1. The van der Waals surface area contributed by atoms with Crippen molar-refractivity contribution < 1.29 is 9.53 Å². The molecule has 1 aromatic rings. The highest BCUT2D eigenvalue weighted by Gasteiger charge is 2.20.